The fourth-order valence-electron chi connectivity index (χ4n) is 3.27. The third-order valence-corrected chi connectivity index (χ3v) is 4.65. The number of phenols is 1. The summed E-state index contributed by atoms with van der Waals surface area (Å²) in [5, 5.41) is 14.1. The van der Waals surface area contributed by atoms with Crippen LogP contribution in [0.2, 0.25) is 5.02 Å². The van der Waals surface area contributed by atoms with E-state index in [9.17, 15) is 5.11 Å². The molecule has 2 unspecified atom stereocenters. The minimum atomic E-state index is 0.181. The molecule has 21 heavy (non-hydrogen) atoms. The normalized spacial score (nSPS) is 22.2. The van der Waals surface area contributed by atoms with Crippen molar-refractivity contribution < 1.29 is 9.84 Å². The molecule has 1 aliphatic carbocycles. The molecule has 118 valence electrons. The fraction of sp³-hybridized carbons (Fsp3) is 0.647. The van der Waals surface area contributed by atoms with E-state index < -0.39 is 0 Å². The van der Waals surface area contributed by atoms with Crippen molar-refractivity contribution >= 4 is 11.6 Å². The van der Waals surface area contributed by atoms with Gasteiger partial charge in [0, 0.05) is 23.2 Å². The van der Waals surface area contributed by atoms with Crippen molar-refractivity contribution in [2.45, 2.75) is 45.6 Å². The molecule has 1 fully saturated rings. The molecule has 0 bridgehead atoms. The lowest BCUT2D eigenvalue weighted by Gasteiger charge is -2.26. The zero-order valence-electron chi connectivity index (χ0n) is 13.0. The Balaban J connectivity index is 1.79. The molecular formula is C17H26ClNO2. The van der Waals surface area contributed by atoms with Crippen LogP contribution < -0.4 is 10.1 Å². The number of hydrogen-bond acceptors (Lipinski definition) is 3. The van der Waals surface area contributed by atoms with Crippen molar-refractivity contribution in [1.29, 1.82) is 0 Å². The minimum absolute atomic E-state index is 0.181. The molecular weight excluding hydrogens is 286 g/mol. The van der Waals surface area contributed by atoms with Crippen molar-refractivity contribution in [1.82, 2.24) is 5.32 Å². The maximum atomic E-state index is 10.1. The summed E-state index contributed by atoms with van der Waals surface area (Å²) in [5.74, 6) is 2.34. The SMILES string of the molecule is COc1cc(Cl)cc(CNCCC2CCCC(C)C2)c1O. The van der Waals surface area contributed by atoms with E-state index in [1.165, 1.54) is 39.2 Å². The average molecular weight is 312 g/mol. The van der Waals surface area contributed by atoms with Gasteiger partial charge in [-0.05, 0) is 37.3 Å². The summed E-state index contributed by atoms with van der Waals surface area (Å²) in [6.45, 7) is 3.95. The van der Waals surface area contributed by atoms with Crippen LogP contribution in [-0.4, -0.2) is 18.8 Å². The highest BCUT2D eigenvalue weighted by atomic mass is 35.5. The van der Waals surface area contributed by atoms with E-state index in [2.05, 4.69) is 12.2 Å². The van der Waals surface area contributed by atoms with Gasteiger partial charge in [0.1, 0.15) is 0 Å². The molecule has 2 N–H and O–H groups in total. The molecule has 0 spiro atoms. The van der Waals surface area contributed by atoms with Crippen LogP contribution in [-0.2, 0) is 6.54 Å². The predicted molar refractivity (Wildman–Crippen MR) is 87.1 cm³/mol. The molecule has 1 saturated carbocycles. The number of phenolic OH excluding ortho intramolecular Hbond substituents is 1. The van der Waals surface area contributed by atoms with Crippen molar-refractivity contribution in [2.24, 2.45) is 11.8 Å². The van der Waals surface area contributed by atoms with E-state index in [4.69, 9.17) is 16.3 Å². The molecule has 0 radical (unpaired) electrons. The number of halogens is 1. The van der Waals surface area contributed by atoms with Crippen LogP contribution in [0.15, 0.2) is 12.1 Å². The summed E-state index contributed by atoms with van der Waals surface area (Å²) >= 11 is 6.03. The topological polar surface area (TPSA) is 41.5 Å². The first-order chi connectivity index (χ1) is 10.1. The first-order valence-electron chi connectivity index (χ1n) is 7.86. The summed E-state index contributed by atoms with van der Waals surface area (Å²) in [6.07, 6.45) is 6.70. The molecule has 2 atom stereocenters. The Morgan fingerprint density at radius 2 is 2.19 bits per heavy atom. The van der Waals surface area contributed by atoms with Crippen LogP contribution in [0.1, 0.15) is 44.6 Å². The zero-order valence-corrected chi connectivity index (χ0v) is 13.7. The van der Waals surface area contributed by atoms with Gasteiger partial charge in [-0.1, -0.05) is 37.8 Å². The third kappa shape index (κ3) is 4.79. The fourth-order valence-corrected chi connectivity index (χ4v) is 3.50. The van der Waals surface area contributed by atoms with Crippen LogP contribution in [0, 0.1) is 11.8 Å². The largest absolute Gasteiger partial charge is 0.504 e. The molecule has 1 aromatic carbocycles. The van der Waals surface area contributed by atoms with E-state index in [1.807, 2.05) is 0 Å². The van der Waals surface area contributed by atoms with Gasteiger partial charge in [0.25, 0.3) is 0 Å². The van der Waals surface area contributed by atoms with E-state index in [1.54, 1.807) is 12.1 Å². The number of ether oxygens (including phenoxy) is 1. The summed E-state index contributed by atoms with van der Waals surface area (Å²) < 4.78 is 5.12. The number of benzene rings is 1. The molecule has 0 amide bonds. The Morgan fingerprint density at radius 1 is 1.38 bits per heavy atom. The van der Waals surface area contributed by atoms with Crippen LogP contribution in [0.5, 0.6) is 11.5 Å². The van der Waals surface area contributed by atoms with Gasteiger partial charge in [-0.25, -0.2) is 0 Å². The first-order valence-corrected chi connectivity index (χ1v) is 8.24. The Hall–Kier alpha value is -0.930. The van der Waals surface area contributed by atoms with Crippen molar-refractivity contribution in [3.05, 3.63) is 22.7 Å². The smallest absolute Gasteiger partial charge is 0.162 e. The van der Waals surface area contributed by atoms with Crippen LogP contribution in [0.25, 0.3) is 0 Å². The van der Waals surface area contributed by atoms with E-state index in [0.717, 1.165) is 23.9 Å². The number of aromatic hydroxyl groups is 1. The van der Waals surface area contributed by atoms with Gasteiger partial charge in [0.05, 0.1) is 7.11 Å². The Labute approximate surface area is 132 Å². The molecule has 0 aliphatic heterocycles. The van der Waals surface area contributed by atoms with Gasteiger partial charge in [0.15, 0.2) is 11.5 Å². The van der Waals surface area contributed by atoms with Crippen molar-refractivity contribution in [3.63, 3.8) is 0 Å². The van der Waals surface area contributed by atoms with Gasteiger partial charge < -0.3 is 15.2 Å². The van der Waals surface area contributed by atoms with Crippen molar-refractivity contribution in [2.75, 3.05) is 13.7 Å². The van der Waals surface area contributed by atoms with Gasteiger partial charge in [-0.2, -0.15) is 0 Å². The highest BCUT2D eigenvalue weighted by Gasteiger charge is 2.18. The number of hydrogen-bond donors (Lipinski definition) is 2. The Morgan fingerprint density at radius 3 is 2.90 bits per heavy atom. The lowest BCUT2D eigenvalue weighted by Crippen LogP contribution is -2.21. The molecule has 0 aromatic heterocycles. The second-order valence-electron chi connectivity index (χ2n) is 6.22. The second kappa shape index (κ2) is 7.90. The molecule has 2 rings (SSSR count). The van der Waals surface area contributed by atoms with Gasteiger partial charge in [-0.3, -0.25) is 0 Å². The number of methoxy groups -OCH3 is 1. The Kier molecular flexibility index (Phi) is 6.19. The molecule has 1 aromatic rings. The predicted octanol–water partition coefficient (Wildman–Crippen LogP) is 4.36. The third-order valence-electron chi connectivity index (χ3n) is 4.43. The van der Waals surface area contributed by atoms with Crippen LogP contribution >= 0.6 is 11.6 Å². The highest BCUT2D eigenvalue weighted by Crippen LogP contribution is 2.33. The van der Waals surface area contributed by atoms with Gasteiger partial charge in [0.2, 0.25) is 0 Å². The van der Waals surface area contributed by atoms with Gasteiger partial charge in [-0.15, -0.1) is 0 Å². The summed E-state index contributed by atoms with van der Waals surface area (Å²) in [7, 11) is 1.53. The van der Waals surface area contributed by atoms with E-state index in [-0.39, 0.29) is 5.75 Å². The van der Waals surface area contributed by atoms with Gasteiger partial charge >= 0.3 is 0 Å². The van der Waals surface area contributed by atoms with Crippen molar-refractivity contribution in [3.8, 4) is 11.5 Å². The summed E-state index contributed by atoms with van der Waals surface area (Å²) in [4.78, 5) is 0. The zero-order chi connectivity index (χ0) is 15.2. The quantitative estimate of drug-likeness (QED) is 0.767. The van der Waals surface area contributed by atoms with E-state index >= 15 is 0 Å². The summed E-state index contributed by atoms with van der Waals surface area (Å²) in [5.41, 5.74) is 0.788. The minimum Gasteiger partial charge on any atom is -0.504 e. The summed E-state index contributed by atoms with van der Waals surface area (Å²) in [6, 6.07) is 3.42. The molecule has 1 aliphatic rings. The number of nitrogens with one attached hydrogen (secondary N) is 1. The molecule has 4 heteroatoms. The second-order valence-corrected chi connectivity index (χ2v) is 6.66. The highest BCUT2D eigenvalue weighted by molar-refractivity contribution is 6.30. The maximum absolute atomic E-state index is 10.1. The standard InChI is InChI=1S/C17H26ClNO2/c1-12-4-3-5-13(8-12)6-7-19-11-14-9-15(18)10-16(21-2)17(14)20/h9-10,12-13,19-20H,3-8,11H2,1-2H3. The molecule has 0 heterocycles. The lowest BCUT2D eigenvalue weighted by atomic mass is 9.81. The lowest BCUT2D eigenvalue weighted by molar-refractivity contribution is 0.267. The molecule has 0 saturated heterocycles. The Bertz CT molecular complexity index is 464. The van der Waals surface area contributed by atoms with Crippen LogP contribution in [0.3, 0.4) is 0 Å². The number of rotatable bonds is 6. The van der Waals surface area contributed by atoms with E-state index in [0.29, 0.717) is 17.3 Å². The molecule has 3 nitrogen and oxygen atoms in total. The first kappa shape index (κ1) is 16.4. The van der Waals surface area contributed by atoms with Crippen LogP contribution in [0.4, 0.5) is 0 Å². The average Bonchev–Trinajstić information content (AvgIpc) is 2.46. The monoisotopic (exact) mass is 311 g/mol. The maximum Gasteiger partial charge on any atom is 0.162 e.